The number of ether oxygens (including phenoxy) is 2. The van der Waals surface area contributed by atoms with E-state index >= 15 is 0 Å². The molecule has 1 heterocycles. The third-order valence-electron chi connectivity index (χ3n) is 4.07. The molecule has 0 atom stereocenters. The second-order valence-electron chi connectivity index (χ2n) is 6.08. The molecule has 2 aromatic carbocycles. The first-order chi connectivity index (χ1) is 12.2. The van der Waals surface area contributed by atoms with Crippen molar-refractivity contribution >= 4 is 17.5 Å². The number of amides is 1. The van der Waals surface area contributed by atoms with E-state index in [1.165, 1.54) is 0 Å². The van der Waals surface area contributed by atoms with Gasteiger partial charge in [-0.05, 0) is 29.7 Å². The number of hydrogen-bond donors (Lipinski definition) is 0. The molecule has 0 aliphatic carbocycles. The average Bonchev–Trinajstić information content (AvgIpc) is 2.62. The molecule has 0 fully saturated rings. The minimum absolute atomic E-state index is 0.0819. The van der Waals surface area contributed by atoms with Crippen LogP contribution in [0.15, 0.2) is 42.5 Å². The smallest absolute Gasteiger partial charge is 0.227 e. The van der Waals surface area contributed by atoms with Crippen LogP contribution < -0.4 is 9.47 Å². The number of benzene rings is 2. The van der Waals surface area contributed by atoms with Crippen molar-refractivity contribution in [3.05, 3.63) is 58.6 Å². The van der Waals surface area contributed by atoms with Crippen LogP contribution in [0.2, 0.25) is 5.02 Å². The molecule has 1 aliphatic rings. The highest BCUT2D eigenvalue weighted by molar-refractivity contribution is 6.32. The molecule has 5 heteroatoms. The number of carbonyl (C=O) groups is 1. The highest BCUT2D eigenvalue weighted by Gasteiger charge is 2.19. The van der Waals surface area contributed by atoms with Gasteiger partial charge in [-0.2, -0.15) is 0 Å². The van der Waals surface area contributed by atoms with Crippen LogP contribution in [0.3, 0.4) is 0 Å². The molecule has 2 aromatic rings. The number of fused-ring (bicyclic) bond motifs is 1. The molecule has 0 saturated carbocycles. The summed E-state index contributed by atoms with van der Waals surface area (Å²) in [6.45, 7) is 4.41. The molecule has 0 unspecified atom stereocenters. The Bertz CT molecular complexity index is 733. The molecule has 0 N–H and O–H groups in total. The molecule has 0 bridgehead atoms. The fourth-order valence-corrected chi connectivity index (χ4v) is 3.21. The zero-order valence-corrected chi connectivity index (χ0v) is 15.1. The van der Waals surface area contributed by atoms with E-state index in [0.717, 1.165) is 24.1 Å². The summed E-state index contributed by atoms with van der Waals surface area (Å²) >= 11 is 6.27. The predicted molar refractivity (Wildman–Crippen MR) is 98.3 cm³/mol. The Morgan fingerprint density at radius 2 is 1.88 bits per heavy atom. The van der Waals surface area contributed by atoms with Gasteiger partial charge in [-0.25, -0.2) is 0 Å². The van der Waals surface area contributed by atoms with Gasteiger partial charge in [-0.3, -0.25) is 4.79 Å². The van der Waals surface area contributed by atoms with Crippen molar-refractivity contribution in [1.82, 2.24) is 4.90 Å². The zero-order valence-electron chi connectivity index (χ0n) is 14.3. The van der Waals surface area contributed by atoms with Gasteiger partial charge in [0.1, 0.15) is 13.2 Å². The van der Waals surface area contributed by atoms with E-state index in [-0.39, 0.29) is 5.91 Å². The maximum atomic E-state index is 12.8. The second-order valence-corrected chi connectivity index (χ2v) is 6.49. The van der Waals surface area contributed by atoms with Crippen LogP contribution in [0.4, 0.5) is 0 Å². The fourth-order valence-electron chi connectivity index (χ4n) is 2.92. The van der Waals surface area contributed by atoms with Gasteiger partial charge in [-0.1, -0.05) is 48.9 Å². The summed E-state index contributed by atoms with van der Waals surface area (Å²) < 4.78 is 11.1. The minimum atomic E-state index is 0.0819. The van der Waals surface area contributed by atoms with Gasteiger partial charge in [0.25, 0.3) is 0 Å². The predicted octanol–water partition coefficient (Wildman–Crippen LogP) is 4.09. The molecule has 4 nitrogen and oxygen atoms in total. The standard InChI is InChI=1S/C20H22ClNO3/c1-2-8-22(14-15-6-4-3-5-7-15)19(23)13-16-11-17(21)20-18(12-16)24-9-10-25-20/h3-7,11-12H,2,8-10,13-14H2,1H3. The van der Waals surface area contributed by atoms with Crippen molar-refractivity contribution in [2.24, 2.45) is 0 Å². The Morgan fingerprint density at radius 1 is 1.12 bits per heavy atom. The van der Waals surface area contributed by atoms with Crippen LogP contribution >= 0.6 is 11.6 Å². The molecular weight excluding hydrogens is 338 g/mol. The number of carbonyl (C=O) groups excluding carboxylic acids is 1. The third kappa shape index (κ3) is 4.45. The summed E-state index contributed by atoms with van der Waals surface area (Å²) in [7, 11) is 0. The maximum absolute atomic E-state index is 12.8. The molecule has 132 valence electrons. The lowest BCUT2D eigenvalue weighted by atomic mass is 10.1. The molecule has 25 heavy (non-hydrogen) atoms. The van der Waals surface area contributed by atoms with Gasteiger partial charge in [-0.15, -0.1) is 0 Å². The first-order valence-corrected chi connectivity index (χ1v) is 8.95. The average molecular weight is 360 g/mol. The maximum Gasteiger partial charge on any atom is 0.227 e. The topological polar surface area (TPSA) is 38.8 Å². The van der Waals surface area contributed by atoms with E-state index in [1.54, 1.807) is 6.07 Å². The van der Waals surface area contributed by atoms with E-state index in [2.05, 4.69) is 6.92 Å². The van der Waals surface area contributed by atoms with Crippen LogP contribution in [0.1, 0.15) is 24.5 Å². The Kier molecular flexibility index (Phi) is 5.82. The molecular formula is C20H22ClNO3. The summed E-state index contributed by atoms with van der Waals surface area (Å²) in [4.78, 5) is 14.7. The quantitative estimate of drug-likeness (QED) is 0.779. The summed E-state index contributed by atoms with van der Waals surface area (Å²) in [5.41, 5.74) is 1.97. The summed E-state index contributed by atoms with van der Waals surface area (Å²) in [6.07, 6.45) is 1.21. The largest absolute Gasteiger partial charge is 0.486 e. The molecule has 0 aromatic heterocycles. The van der Waals surface area contributed by atoms with E-state index in [1.807, 2.05) is 41.3 Å². The van der Waals surface area contributed by atoms with Crippen molar-refractivity contribution in [3.63, 3.8) is 0 Å². The second kappa shape index (κ2) is 8.26. The van der Waals surface area contributed by atoms with Crippen LogP contribution in [0.25, 0.3) is 0 Å². The van der Waals surface area contributed by atoms with Gasteiger partial charge in [0.05, 0.1) is 11.4 Å². The molecule has 0 spiro atoms. The Labute approximate surface area is 153 Å². The van der Waals surface area contributed by atoms with Gasteiger partial charge in [0.15, 0.2) is 11.5 Å². The summed E-state index contributed by atoms with van der Waals surface area (Å²) in [5, 5.41) is 0.491. The monoisotopic (exact) mass is 359 g/mol. The van der Waals surface area contributed by atoms with Crippen molar-refractivity contribution in [3.8, 4) is 11.5 Å². The Morgan fingerprint density at radius 3 is 2.64 bits per heavy atom. The molecule has 1 amide bonds. The van der Waals surface area contributed by atoms with Gasteiger partial charge < -0.3 is 14.4 Å². The Balaban J connectivity index is 1.73. The van der Waals surface area contributed by atoms with Gasteiger partial charge >= 0.3 is 0 Å². The minimum Gasteiger partial charge on any atom is -0.486 e. The van der Waals surface area contributed by atoms with Crippen molar-refractivity contribution < 1.29 is 14.3 Å². The van der Waals surface area contributed by atoms with Gasteiger partial charge in [0, 0.05) is 13.1 Å². The number of rotatable bonds is 6. The van der Waals surface area contributed by atoms with Crippen LogP contribution in [-0.2, 0) is 17.8 Å². The molecule has 1 aliphatic heterocycles. The summed E-state index contributed by atoms with van der Waals surface area (Å²) in [5.74, 6) is 1.27. The zero-order chi connectivity index (χ0) is 17.6. The van der Waals surface area contributed by atoms with E-state index in [4.69, 9.17) is 21.1 Å². The number of hydrogen-bond acceptors (Lipinski definition) is 3. The van der Waals surface area contributed by atoms with Crippen LogP contribution in [-0.4, -0.2) is 30.6 Å². The van der Waals surface area contributed by atoms with E-state index in [9.17, 15) is 4.79 Å². The molecule has 3 rings (SSSR count). The number of nitrogens with zero attached hydrogens (tertiary/aromatic N) is 1. The van der Waals surface area contributed by atoms with Crippen molar-refractivity contribution in [2.75, 3.05) is 19.8 Å². The fraction of sp³-hybridized carbons (Fsp3) is 0.350. The van der Waals surface area contributed by atoms with Crippen LogP contribution in [0.5, 0.6) is 11.5 Å². The lowest BCUT2D eigenvalue weighted by Gasteiger charge is -2.23. The van der Waals surface area contributed by atoms with Gasteiger partial charge in [0.2, 0.25) is 5.91 Å². The van der Waals surface area contributed by atoms with E-state index < -0.39 is 0 Å². The highest BCUT2D eigenvalue weighted by Crippen LogP contribution is 2.38. The SMILES string of the molecule is CCCN(Cc1ccccc1)C(=O)Cc1cc(Cl)c2c(c1)OCCO2. The van der Waals surface area contributed by atoms with E-state index in [0.29, 0.717) is 42.7 Å². The third-order valence-corrected chi connectivity index (χ3v) is 4.36. The van der Waals surface area contributed by atoms with Crippen molar-refractivity contribution in [2.45, 2.75) is 26.3 Å². The lowest BCUT2D eigenvalue weighted by molar-refractivity contribution is -0.131. The van der Waals surface area contributed by atoms with Crippen LogP contribution in [0, 0.1) is 0 Å². The van der Waals surface area contributed by atoms with Crippen molar-refractivity contribution in [1.29, 1.82) is 0 Å². The summed E-state index contributed by atoms with van der Waals surface area (Å²) in [6, 6.07) is 13.7. The molecule has 0 saturated heterocycles. The highest BCUT2D eigenvalue weighted by atomic mass is 35.5. The lowest BCUT2D eigenvalue weighted by Crippen LogP contribution is -2.32. The normalized spacial score (nSPS) is 12.7. The Hall–Kier alpha value is -2.20. The first kappa shape index (κ1) is 17.6. The first-order valence-electron chi connectivity index (χ1n) is 8.57. The molecule has 0 radical (unpaired) electrons. The number of halogens is 1.